The fourth-order valence-electron chi connectivity index (χ4n) is 1.70. The second kappa shape index (κ2) is 5.59. The van der Waals surface area contributed by atoms with Crippen LogP contribution in [0.25, 0.3) is 0 Å². The molecule has 104 valence electrons. The summed E-state index contributed by atoms with van der Waals surface area (Å²) in [6.07, 6.45) is 1.48. The smallest absolute Gasteiger partial charge is 0.244 e. The molecule has 1 amide bonds. The average Bonchev–Trinajstić information content (AvgIpc) is 3.12. The van der Waals surface area contributed by atoms with E-state index < -0.39 is 5.54 Å². The van der Waals surface area contributed by atoms with Crippen molar-refractivity contribution in [3.63, 3.8) is 0 Å². The van der Waals surface area contributed by atoms with Crippen molar-refractivity contribution in [1.29, 1.82) is 0 Å². The summed E-state index contributed by atoms with van der Waals surface area (Å²) in [5.41, 5.74) is 6.91. The molecule has 0 spiro atoms. The molecule has 3 N–H and O–H groups in total. The van der Waals surface area contributed by atoms with Crippen LogP contribution >= 0.6 is 0 Å². The van der Waals surface area contributed by atoms with E-state index in [9.17, 15) is 4.79 Å². The second-order valence-corrected chi connectivity index (χ2v) is 4.95. The number of amides is 1. The van der Waals surface area contributed by atoms with E-state index in [0.29, 0.717) is 24.7 Å². The Hall–Kier alpha value is -1.59. The van der Waals surface area contributed by atoms with E-state index in [1.807, 2.05) is 25.1 Å². The quantitative estimate of drug-likeness (QED) is 0.763. The molecule has 0 aliphatic heterocycles. The Balaban J connectivity index is 2.07. The Labute approximate surface area is 113 Å². The Morgan fingerprint density at radius 2 is 2.16 bits per heavy atom. The number of aryl methyl sites for hydroxylation is 1. The molecule has 1 aliphatic carbocycles. The second-order valence-electron chi connectivity index (χ2n) is 4.95. The number of hydrogen-bond donors (Lipinski definition) is 2. The van der Waals surface area contributed by atoms with Gasteiger partial charge in [0.2, 0.25) is 5.91 Å². The lowest BCUT2D eigenvalue weighted by Crippen LogP contribution is -2.37. The summed E-state index contributed by atoms with van der Waals surface area (Å²) < 4.78 is 10.6. The van der Waals surface area contributed by atoms with E-state index in [0.717, 1.165) is 18.4 Å². The van der Waals surface area contributed by atoms with Gasteiger partial charge < -0.3 is 20.5 Å². The van der Waals surface area contributed by atoms with Gasteiger partial charge in [-0.25, -0.2) is 0 Å². The standard InChI is InChI=1S/C14H20N2O3/c1-10-3-4-11(12(9-10)19-8-7-18-2)16-13(17)14(15)5-6-14/h3-4,9H,5-8,15H2,1-2H3,(H,16,17). The molecule has 0 saturated heterocycles. The molecule has 1 saturated carbocycles. The average molecular weight is 264 g/mol. The van der Waals surface area contributed by atoms with E-state index in [4.69, 9.17) is 15.2 Å². The first-order valence-corrected chi connectivity index (χ1v) is 6.38. The highest BCUT2D eigenvalue weighted by Crippen LogP contribution is 2.35. The molecule has 0 atom stereocenters. The van der Waals surface area contributed by atoms with Gasteiger partial charge in [-0.3, -0.25) is 4.79 Å². The fraction of sp³-hybridized carbons (Fsp3) is 0.500. The Bertz CT molecular complexity index is 470. The Morgan fingerprint density at radius 1 is 1.42 bits per heavy atom. The number of hydrogen-bond acceptors (Lipinski definition) is 4. The molecule has 1 aliphatic rings. The van der Waals surface area contributed by atoms with Crippen molar-refractivity contribution in [2.24, 2.45) is 5.73 Å². The SMILES string of the molecule is COCCOc1cc(C)ccc1NC(=O)C1(N)CC1. The molecule has 0 radical (unpaired) electrons. The number of ether oxygens (including phenoxy) is 2. The van der Waals surface area contributed by atoms with Crippen molar-refractivity contribution in [2.75, 3.05) is 25.6 Å². The number of carbonyl (C=O) groups is 1. The highest BCUT2D eigenvalue weighted by molar-refractivity contribution is 6.01. The van der Waals surface area contributed by atoms with E-state index in [2.05, 4.69) is 5.32 Å². The van der Waals surface area contributed by atoms with Crippen LogP contribution in [0.1, 0.15) is 18.4 Å². The van der Waals surface area contributed by atoms with Crippen LogP contribution < -0.4 is 15.8 Å². The molecule has 1 aromatic rings. The molecule has 0 unspecified atom stereocenters. The zero-order valence-corrected chi connectivity index (χ0v) is 11.4. The summed E-state index contributed by atoms with van der Waals surface area (Å²) >= 11 is 0. The third-order valence-corrected chi connectivity index (χ3v) is 3.17. The van der Waals surface area contributed by atoms with Crippen molar-refractivity contribution >= 4 is 11.6 Å². The van der Waals surface area contributed by atoms with E-state index in [-0.39, 0.29) is 5.91 Å². The van der Waals surface area contributed by atoms with Crippen LogP contribution in [-0.2, 0) is 9.53 Å². The first kappa shape index (κ1) is 13.8. The molecular formula is C14H20N2O3. The highest BCUT2D eigenvalue weighted by Gasteiger charge is 2.46. The molecule has 19 heavy (non-hydrogen) atoms. The van der Waals surface area contributed by atoms with Gasteiger partial charge in [-0.15, -0.1) is 0 Å². The lowest BCUT2D eigenvalue weighted by molar-refractivity contribution is -0.118. The molecule has 2 rings (SSSR count). The maximum atomic E-state index is 11.9. The van der Waals surface area contributed by atoms with E-state index in [1.54, 1.807) is 7.11 Å². The molecule has 0 heterocycles. The normalized spacial score (nSPS) is 15.9. The van der Waals surface area contributed by atoms with Gasteiger partial charge in [-0.05, 0) is 37.5 Å². The molecule has 1 fully saturated rings. The molecule has 5 nitrogen and oxygen atoms in total. The van der Waals surface area contributed by atoms with Crippen molar-refractivity contribution in [3.8, 4) is 5.75 Å². The molecule has 0 bridgehead atoms. The third kappa shape index (κ3) is 3.45. The topological polar surface area (TPSA) is 73.6 Å². The van der Waals surface area contributed by atoms with E-state index in [1.165, 1.54) is 0 Å². The molecule has 0 aromatic heterocycles. The minimum Gasteiger partial charge on any atom is -0.489 e. The zero-order chi connectivity index (χ0) is 13.9. The largest absolute Gasteiger partial charge is 0.489 e. The van der Waals surface area contributed by atoms with Crippen molar-refractivity contribution < 1.29 is 14.3 Å². The summed E-state index contributed by atoms with van der Waals surface area (Å²) in [7, 11) is 1.62. The van der Waals surface area contributed by atoms with Crippen LogP contribution in [0.15, 0.2) is 18.2 Å². The predicted octanol–water partition coefficient (Wildman–Crippen LogP) is 1.45. The van der Waals surface area contributed by atoms with Gasteiger partial charge in [-0.1, -0.05) is 6.07 Å². The van der Waals surface area contributed by atoms with Gasteiger partial charge in [0, 0.05) is 7.11 Å². The van der Waals surface area contributed by atoms with Crippen LogP contribution in [0.4, 0.5) is 5.69 Å². The summed E-state index contributed by atoms with van der Waals surface area (Å²) in [6, 6.07) is 5.65. The van der Waals surface area contributed by atoms with Gasteiger partial charge in [0.1, 0.15) is 12.4 Å². The maximum Gasteiger partial charge on any atom is 0.244 e. The number of methoxy groups -OCH3 is 1. The zero-order valence-electron chi connectivity index (χ0n) is 11.4. The molecule has 1 aromatic carbocycles. The fourth-order valence-corrected chi connectivity index (χ4v) is 1.70. The lowest BCUT2D eigenvalue weighted by Gasteiger charge is -2.15. The van der Waals surface area contributed by atoms with Crippen molar-refractivity contribution in [1.82, 2.24) is 0 Å². The lowest BCUT2D eigenvalue weighted by atomic mass is 10.2. The first-order chi connectivity index (χ1) is 9.05. The molecule has 5 heteroatoms. The van der Waals surface area contributed by atoms with Gasteiger partial charge in [0.25, 0.3) is 0 Å². The summed E-state index contributed by atoms with van der Waals surface area (Å²) in [5, 5.41) is 2.84. The van der Waals surface area contributed by atoms with Crippen LogP contribution in [0.3, 0.4) is 0 Å². The summed E-state index contributed by atoms with van der Waals surface area (Å²) in [4.78, 5) is 11.9. The summed E-state index contributed by atoms with van der Waals surface area (Å²) in [6.45, 7) is 2.92. The minimum absolute atomic E-state index is 0.145. The number of rotatable bonds is 6. The van der Waals surface area contributed by atoms with Crippen LogP contribution in [0, 0.1) is 6.92 Å². The number of nitrogens with two attached hydrogens (primary N) is 1. The number of anilines is 1. The highest BCUT2D eigenvalue weighted by atomic mass is 16.5. The monoisotopic (exact) mass is 264 g/mol. The van der Waals surface area contributed by atoms with Gasteiger partial charge in [0.05, 0.1) is 17.8 Å². The van der Waals surface area contributed by atoms with Gasteiger partial charge in [-0.2, -0.15) is 0 Å². The van der Waals surface area contributed by atoms with E-state index >= 15 is 0 Å². The number of carbonyl (C=O) groups excluding carboxylic acids is 1. The molecular weight excluding hydrogens is 244 g/mol. The van der Waals surface area contributed by atoms with Crippen molar-refractivity contribution in [3.05, 3.63) is 23.8 Å². The van der Waals surface area contributed by atoms with Gasteiger partial charge >= 0.3 is 0 Å². The third-order valence-electron chi connectivity index (χ3n) is 3.17. The summed E-state index contributed by atoms with van der Waals surface area (Å²) in [5.74, 6) is 0.502. The number of nitrogens with one attached hydrogen (secondary N) is 1. The Kier molecular flexibility index (Phi) is 4.07. The van der Waals surface area contributed by atoms with Crippen LogP contribution in [-0.4, -0.2) is 31.8 Å². The van der Waals surface area contributed by atoms with Crippen molar-refractivity contribution in [2.45, 2.75) is 25.3 Å². The number of benzene rings is 1. The van der Waals surface area contributed by atoms with Crippen LogP contribution in [0.5, 0.6) is 5.75 Å². The maximum absolute atomic E-state index is 11.9. The predicted molar refractivity (Wildman–Crippen MR) is 73.3 cm³/mol. The first-order valence-electron chi connectivity index (χ1n) is 6.38. The Morgan fingerprint density at radius 3 is 2.79 bits per heavy atom. The minimum atomic E-state index is -0.686. The van der Waals surface area contributed by atoms with Crippen LogP contribution in [0.2, 0.25) is 0 Å². The van der Waals surface area contributed by atoms with Gasteiger partial charge in [0.15, 0.2) is 0 Å².